The molecule has 0 saturated heterocycles. The maximum atomic E-state index is 14.4. The highest BCUT2D eigenvalue weighted by molar-refractivity contribution is 7.98. The van der Waals surface area contributed by atoms with Crippen LogP contribution in [-0.4, -0.2) is 57.5 Å². The summed E-state index contributed by atoms with van der Waals surface area (Å²) in [4.78, 5) is 42.7. The molecule has 1 aromatic carbocycles. The van der Waals surface area contributed by atoms with Gasteiger partial charge in [-0.1, -0.05) is 30.7 Å². The molecule has 2 N–H and O–H groups in total. The molecule has 7 nitrogen and oxygen atoms in total. The molecule has 2 unspecified atom stereocenters. The number of hydrogen-bond acceptors (Lipinski definition) is 5. The number of benzene rings is 1. The normalized spacial score (nSPS) is 13.9. The third-order valence-electron chi connectivity index (χ3n) is 6.08. The zero-order valence-electron chi connectivity index (χ0n) is 25.0. The summed E-state index contributed by atoms with van der Waals surface area (Å²) in [7, 11) is 0. The molecule has 0 spiro atoms. The van der Waals surface area contributed by atoms with Crippen molar-refractivity contribution in [2.75, 3.05) is 12.0 Å². The van der Waals surface area contributed by atoms with Gasteiger partial charge in [0, 0.05) is 11.1 Å². The molecule has 0 bridgehead atoms. The average molecular weight is 536 g/mol. The third-order valence-corrected chi connectivity index (χ3v) is 6.72. The van der Waals surface area contributed by atoms with E-state index in [1.807, 2.05) is 79.8 Å². The number of amides is 3. The van der Waals surface area contributed by atoms with Crippen LogP contribution in [0.5, 0.6) is 0 Å². The lowest BCUT2D eigenvalue weighted by atomic mass is 9.89. The lowest BCUT2D eigenvalue weighted by molar-refractivity contribution is -0.150. The van der Waals surface area contributed by atoms with Crippen molar-refractivity contribution in [2.24, 2.45) is 0 Å². The van der Waals surface area contributed by atoms with Crippen LogP contribution in [0.15, 0.2) is 18.2 Å². The monoisotopic (exact) mass is 535 g/mol. The predicted octanol–water partition coefficient (Wildman–Crippen LogP) is 5.92. The zero-order valence-corrected chi connectivity index (χ0v) is 25.8. The van der Waals surface area contributed by atoms with Gasteiger partial charge >= 0.3 is 6.09 Å². The lowest BCUT2D eigenvalue weighted by Crippen LogP contribution is -2.60. The number of ether oxygens (including phenoxy) is 1. The first-order chi connectivity index (χ1) is 16.8. The molecule has 0 aliphatic carbocycles. The van der Waals surface area contributed by atoms with E-state index < -0.39 is 34.9 Å². The molecule has 0 aliphatic rings. The van der Waals surface area contributed by atoms with Gasteiger partial charge in [-0.05, 0) is 105 Å². The van der Waals surface area contributed by atoms with Crippen LogP contribution < -0.4 is 10.6 Å². The molecule has 0 radical (unpaired) electrons. The molecule has 2 atom stereocenters. The van der Waals surface area contributed by atoms with Crippen LogP contribution in [0.1, 0.15) is 97.9 Å². The maximum Gasteiger partial charge on any atom is 0.408 e. The highest BCUT2D eigenvalue weighted by Crippen LogP contribution is 2.34. The number of carbonyl (C=O) groups is 3. The van der Waals surface area contributed by atoms with Crippen LogP contribution in [0, 0.1) is 13.8 Å². The molecule has 210 valence electrons. The Bertz CT molecular complexity index is 947. The summed E-state index contributed by atoms with van der Waals surface area (Å²) < 4.78 is 5.47. The Labute approximate surface area is 228 Å². The molecule has 0 aromatic heterocycles. The van der Waals surface area contributed by atoms with Crippen molar-refractivity contribution in [1.82, 2.24) is 15.5 Å². The van der Waals surface area contributed by atoms with Gasteiger partial charge in [-0.3, -0.25) is 9.59 Å². The minimum absolute atomic E-state index is 0.254. The molecule has 8 heteroatoms. The van der Waals surface area contributed by atoms with Crippen LogP contribution in [0.4, 0.5) is 4.79 Å². The quantitative estimate of drug-likeness (QED) is 0.388. The van der Waals surface area contributed by atoms with E-state index in [-0.39, 0.29) is 11.8 Å². The number of rotatable bonds is 10. The number of hydrogen-bond donors (Lipinski definition) is 2. The van der Waals surface area contributed by atoms with Crippen LogP contribution in [0.3, 0.4) is 0 Å². The summed E-state index contributed by atoms with van der Waals surface area (Å²) in [5.74, 6) is 0.102. The lowest BCUT2D eigenvalue weighted by Gasteiger charge is -2.45. The molecule has 37 heavy (non-hydrogen) atoms. The van der Waals surface area contributed by atoms with Crippen LogP contribution in [0.25, 0.3) is 0 Å². The van der Waals surface area contributed by atoms with Crippen molar-refractivity contribution >= 4 is 29.7 Å². The fraction of sp³-hybridized carbons (Fsp3) is 0.690. The van der Waals surface area contributed by atoms with Crippen molar-refractivity contribution in [2.45, 2.75) is 118 Å². The van der Waals surface area contributed by atoms with E-state index in [2.05, 4.69) is 10.6 Å². The Morgan fingerprint density at radius 2 is 1.62 bits per heavy atom. The topological polar surface area (TPSA) is 87.7 Å². The van der Waals surface area contributed by atoms with Gasteiger partial charge in [0.15, 0.2) is 0 Å². The van der Waals surface area contributed by atoms with Crippen LogP contribution in [-0.2, 0) is 14.3 Å². The minimum Gasteiger partial charge on any atom is -0.444 e. The van der Waals surface area contributed by atoms with Gasteiger partial charge < -0.3 is 20.3 Å². The van der Waals surface area contributed by atoms with Crippen LogP contribution >= 0.6 is 11.8 Å². The molecule has 1 rings (SSSR count). The number of thioether (sulfide) groups is 1. The van der Waals surface area contributed by atoms with Gasteiger partial charge in [0.25, 0.3) is 0 Å². The Morgan fingerprint density at radius 1 is 1.03 bits per heavy atom. The first-order valence-corrected chi connectivity index (χ1v) is 14.4. The highest BCUT2D eigenvalue weighted by Gasteiger charge is 2.44. The molecule has 1 aromatic rings. The second-order valence-corrected chi connectivity index (χ2v) is 13.3. The number of aryl methyl sites for hydroxylation is 2. The van der Waals surface area contributed by atoms with E-state index in [0.717, 1.165) is 16.7 Å². The predicted molar refractivity (Wildman–Crippen MR) is 154 cm³/mol. The first kappa shape index (κ1) is 32.8. The largest absolute Gasteiger partial charge is 0.444 e. The van der Waals surface area contributed by atoms with E-state index in [4.69, 9.17) is 4.74 Å². The van der Waals surface area contributed by atoms with Gasteiger partial charge in [0.05, 0.1) is 0 Å². The van der Waals surface area contributed by atoms with Crippen molar-refractivity contribution in [3.05, 3.63) is 34.9 Å². The van der Waals surface area contributed by atoms with Gasteiger partial charge in [-0.25, -0.2) is 4.79 Å². The van der Waals surface area contributed by atoms with E-state index in [1.54, 1.807) is 37.4 Å². The SMILES string of the molecule is CCC(C)(C)N(C(=O)C(CCSC)NC(=O)OC(C)(C)C)C(C(=O)NC(C)(C)C)c1ccc(C)cc1C. The smallest absolute Gasteiger partial charge is 0.408 e. The minimum atomic E-state index is -0.875. The molecule has 3 amide bonds. The van der Waals surface area contributed by atoms with Crippen LogP contribution in [0.2, 0.25) is 0 Å². The molecule has 0 fully saturated rings. The second-order valence-electron chi connectivity index (χ2n) is 12.4. The summed E-state index contributed by atoms with van der Waals surface area (Å²) >= 11 is 1.59. The zero-order chi connectivity index (χ0) is 28.8. The Morgan fingerprint density at radius 3 is 2.08 bits per heavy atom. The van der Waals surface area contributed by atoms with Crippen molar-refractivity contribution < 1.29 is 19.1 Å². The van der Waals surface area contributed by atoms with E-state index in [0.29, 0.717) is 18.6 Å². The second kappa shape index (κ2) is 13.0. The molecular formula is C29H49N3O4S. The van der Waals surface area contributed by atoms with Crippen molar-refractivity contribution in [1.29, 1.82) is 0 Å². The fourth-order valence-corrected chi connectivity index (χ4v) is 4.50. The first-order valence-electron chi connectivity index (χ1n) is 13.0. The van der Waals surface area contributed by atoms with E-state index in [1.165, 1.54) is 0 Å². The molecule has 0 saturated carbocycles. The Hall–Kier alpha value is -2.22. The van der Waals surface area contributed by atoms with Crippen molar-refractivity contribution in [3.8, 4) is 0 Å². The summed E-state index contributed by atoms with van der Waals surface area (Å²) in [6.45, 7) is 21.0. The molecule has 0 aliphatic heterocycles. The standard InChI is InChI=1S/C29H49N3O4S/c1-13-29(10,11)32(25(34)22(16-17-37-12)30-26(35)36-28(7,8)9)23(24(33)31-27(4,5)6)21-15-14-19(2)18-20(21)3/h14-15,18,22-23H,13,16-17H2,1-12H3,(H,30,35)(H,31,33). The number of alkyl carbamates (subject to hydrolysis) is 1. The Kier molecular flexibility index (Phi) is 11.6. The summed E-state index contributed by atoms with van der Waals surface area (Å²) in [5, 5.41) is 5.90. The maximum absolute atomic E-state index is 14.4. The van der Waals surface area contributed by atoms with Crippen molar-refractivity contribution in [3.63, 3.8) is 0 Å². The number of carbonyl (C=O) groups excluding carboxylic acids is 3. The average Bonchev–Trinajstić information content (AvgIpc) is 2.72. The summed E-state index contributed by atoms with van der Waals surface area (Å²) in [6, 6.07) is 4.20. The highest BCUT2D eigenvalue weighted by atomic mass is 32.2. The Balaban J connectivity index is 3.72. The number of nitrogens with one attached hydrogen (secondary N) is 2. The molecular weight excluding hydrogens is 486 g/mol. The van der Waals surface area contributed by atoms with Gasteiger partial charge in [0.2, 0.25) is 11.8 Å². The number of nitrogens with zero attached hydrogens (tertiary/aromatic N) is 1. The fourth-order valence-electron chi connectivity index (χ4n) is 4.02. The van der Waals surface area contributed by atoms with E-state index >= 15 is 0 Å². The third kappa shape index (κ3) is 10.2. The molecule has 0 heterocycles. The van der Waals surface area contributed by atoms with E-state index in [9.17, 15) is 14.4 Å². The van der Waals surface area contributed by atoms with Gasteiger partial charge in [0.1, 0.15) is 17.7 Å². The van der Waals surface area contributed by atoms with Gasteiger partial charge in [-0.2, -0.15) is 11.8 Å². The van der Waals surface area contributed by atoms with Gasteiger partial charge in [-0.15, -0.1) is 0 Å². The summed E-state index contributed by atoms with van der Waals surface area (Å²) in [5.41, 5.74) is 0.900. The summed E-state index contributed by atoms with van der Waals surface area (Å²) in [6.07, 6.45) is 2.34.